The Bertz CT molecular complexity index is 1610. The van der Waals surface area contributed by atoms with Gasteiger partial charge in [-0.1, -0.05) is 47.1 Å². The summed E-state index contributed by atoms with van der Waals surface area (Å²) in [6, 6.07) is 18.1. The van der Waals surface area contributed by atoms with Crippen LogP contribution >= 0.6 is 0 Å². The van der Waals surface area contributed by atoms with Gasteiger partial charge in [0.1, 0.15) is 0 Å². The molecule has 2 N–H and O–H groups in total. The van der Waals surface area contributed by atoms with E-state index in [1.165, 1.54) is 36.4 Å². The standard InChI is InChI=1S/C23H20N4O6S2/c1-15-11-13-16(14-12-15)35(31,32)27-19-9-5-3-7-17(19)21(28)24-23-26-25-22(33-23)18-8-4-6-10-20(18)34(2,29)30/h3-14,27H,1-2H3,(H,24,26,28). The van der Waals surface area contributed by atoms with E-state index >= 15 is 0 Å². The quantitative estimate of drug-likeness (QED) is 0.382. The molecule has 0 bridgehead atoms. The molecule has 4 rings (SSSR count). The van der Waals surface area contributed by atoms with E-state index in [0.29, 0.717) is 0 Å². The molecule has 1 heterocycles. The van der Waals surface area contributed by atoms with Crippen LogP contribution in [0.1, 0.15) is 15.9 Å². The maximum Gasteiger partial charge on any atom is 0.322 e. The summed E-state index contributed by atoms with van der Waals surface area (Å²) >= 11 is 0. The third-order valence-corrected chi connectivity index (χ3v) is 7.45. The number of rotatable bonds is 7. The topological polar surface area (TPSA) is 148 Å². The third kappa shape index (κ3) is 5.39. The van der Waals surface area contributed by atoms with Crippen molar-refractivity contribution >= 4 is 37.5 Å². The normalized spacial score (nSPS) is 11.7. The number of nitrogens with one attached hydrogen (secondary N) is 2. The fraction of sp³-hybridized carbons (Fsp3) is 0.0870. The van der Waals surface area contributed by atoms with E-state index in [1.54, 1.807) is 36.4 Å². The molecule has 180 valence electrons. The lowest BCUT2D eigenvalue weighted by atomic mass is 10.2. The van der Waals surface area contributed by atoms with Gasteiger partial charge in [-0.2, -0.15) is 0 Å². The fourth-order valence-corrected chi connectivity index (χ4v) is 5.17. The molecular weight excluding hydrogens is 492 g/mol. The van der Waals surface area contributed by atoms with Crippen LogP contribution in [-0.2, 0) is 19.9 Å². The number of hydrogen-bond donors (Lipinski definition) is 2. The first-order valence-corrected chi connectivity index (χ1v) is 13.5. The number of aryl methyl sites for hydroxylation is 1. The van der Waals surface area contributed by atoms with Crippen LogP contribution in [0.15, 0.2) is 87.0 Å². The minimum Gasteiger partial charge on any atom is -0.403 e. The van der Waals surface area contributed by atoms with Crippen molar-refractivity contribution in [1.82, 2.24) is 10.2 Å². The number of nitrogens with zero attached hydrogens (tertiary/aromatic N) is 2. The molecule has 0 fully saturated rings. The Balaban J connectivity index is 1.58. The molecule has 12 heteroatoms. The van der Waals surface area contributed by atoms with E-state index in [0.717, 1.165) is 11.8 Å². The lowest BCUT2D eigenvalue weighted by Crippen LogP contribution is -2.18. The van der Waals surface area contributed by atoms with Crippen LogP contribution in [0.25, 0.3) is 11.5 Å². The monoisotopic (exact) mass is 512 g/mol. The van der Waals surface area contributed by atoms with Gasteiger partial charge in [0.25, 0.3) is 21.8 Å². The summed E-state index contributed by atoms with van der Waals surface area (Å²) in [6.45, 7) is 1.84. The predicted molar refractivity (Wildman–Crippen MR) is 129 cm³/mol. The van der Waals surface area contributed by atoms with Crippen molar-refractivity contribution in [2.45, 2.75) is 16.7 Å². The Labute approximate surface area is 202 Å². The number of para-hydroxylation sites is 1. The van der Waals surface area contributed by atoms with Crippen molar-refractivity contribution in [3.8, 4) is 11.5 Å². The lowest BCUT2D eigenvalue weighted by molar-refractivity contribution is 0.102. The lowest BCUT2D eigenvalue weighted by Gasteiger charge is -2.12. The van der Waals surface area contributed by atoms with Crippen LogP contribution in [0.2, 0.25) is 0 Å². The van der Waals surface area contributed by atoms with E-state index in [2.05, 4.69) is 20.2 Å². The van der Waals surface area contributed by atoms with Crippen LogP contribution in [0.5, 0.6) is 0 Å². The minimum absolute atomic E-state index is 0.00242. The zero-order valence-electron chi connectivity index (χ0n) is 18.6. The summed E-state index contributed by atoms with van der Waals surface area (Å²) in [5.41, 5.74) is 1.16. The van der Waals surface area contributed by atoms with E-state index in [4.69, 9.17) is 4.42 Å². The maximum atomic E-state index is 12.9. The molecule has 1 aromatic heterocycles. The van der Waals surface area contributed by atoms with Gasteiger partial charge in [0.2, 0.25) is 0 Å². The highest BCUT2D eigenvalue weighted by Crippen LogP contribution is 2.28. The predicted octanol–water partition coefficient (Wildman–Crippen LogP) is 3.50. The molecule has 35 heavy (non-hydrogen) atoms. The van der Waals surface area contributed by atoms with Crippen molar-refractivity contribution in [3.05, 3.63) is 83.9 Å². The Morgan fingerprint density at radius 1 is 0.857 bits per heavy atom. The number of carbonyl (C=O) groups excluding carboxylic acids is 1. The summed E-state index contributed by atoms with van der Waals surface area (Å²) in [4.78, 5) is 12.9. The summed E-state index contributed by atoms with van der Waals surface area (Å²) in [5, 5.41) is 10.0. The van der Waals surface area contributed by atoms with Gasteiger partial charge in [0.15, 0.2) is 9.84 Å². The molecule has 0 saturated carbocycles. The van der Waals surface area contributed by atoms with Gasteiger partial charge in [0.05, 0.1) is 26.6 Å². The van der Waals surface area contributed by atoms with E-state index in [1.807, 2.05) is 6.92 Å². The first-order valence-electron chi connectivity index (χ1n) is 10.2. The second-order valence-electron chi connectivity index (χ2n) is 7.60. The van der Waals surface area contributed by atoms with Crippen LogP contribution in [0.4, 0.5) is 11.7 Å². The molecule has 10 nitrogen and oxygen atoms in total. The molecule has 0 saturated heterocycles. The SMILES string of the molecule is Cc1ccc(S(=O)(=O)Nc2ccccc2C(=O)Nc2nnc(-c3ccccc3S(C)(=O)=O)o2)cc1. The largest absolute Gasteiger partial charge is 0.403 e. The van der Waals surface area contributed by atoms with Gasteiger partial charge < -0.3 is 4.42 Å². The number of sulfone groups is 1. The third-order valence-electron chi connectivity index (χ3n) is 4.91. The van der Waals surface area contributed by atoms with Crippen molar-refractivity contribution in [3.63, 3.8) is 0 Å². The first-order chi connectivity index (χ1) is 16.5. The van der Waals surface area contributed by atoms with Gasteiger partial charge in [-0.05, 0) is 43.3 Å². The highest BCUT2D eigenvalue weighted by atomic mass is 32.2. The summed E-state index contributed by atoms with van der Waals surface area (Å²) in [5.74, 6) is -0.812. The second-order valence-corrected chi connectivity index (χ2v) is 11.3. The average molecular weight is 513 g/mol. The van der Waals surface area contributed by atoms with Crippen molar-refractivity contribution < 1.29 is 26.0 Å². The van der Waals surface area contributed by atoms with Crippen LogP contribution in [0, 0.1) is 6.92 Å². The zero-order chi connectivity index (χ0) is 25.2. The Hall–Kier alpha value is -4.03. The highest BCUT2D eigenvalue weighted by molar-refractivity contribution is 7.92. The van der Waals surface area contributed by atoms with Gasteiger partial charge >= 0.3 is 6.01 Å². The molecule has 0 spiro atoms. The first kappa shape index (κ1) is 24.1. The van der Waals surface area contributed by atoms with Crippen molar-refractivity contribution in [1.29, 1.82) is 0 Å². The van der Waals surface area contributed by atoms with Gasteiger partial charge in [-0.25, -0.2) is 16.8 Å². The van der Waals surface area contributed by atoms with E-state index < -0.39 is 25.8 Å². The van der Waals surface area contributed by atoms with Gasteiger partial charge in [-0.3, -0.25) is 14.8 Å². The van der Waals surface area contributed by atoms with Crippen LogP contribution in [0.3, 0.4) is 0 Å². The van der Waals surface area contributed by atoms with E-state index in [9.17, 15) is 21.6 Å². The Morgan fingerprint density at radius 2 is 1.51 bits per heavy atom. The molecule has 0 aliphatic heterocycles. The number of amides is 1. The number of sulfonamides is 1. The highest BCUT2D eigenvalue weighted by Gasteiger charge is 2.22. The molecule has 1 amide bonds. The molecule has 3 aromatic carbocycles. The van der Waals surface area contributed by atoms with Crippen LogP contribution < -0.4 is 10.0 Å². The second kappa shape index (κ2) is 9.31. The van der Waals surface area contributed by atoms with Crippen molar-refractivity contribution in [2.75, 3.05) is 16.3 Å². The number of benzene rings is 3. The fourth-order valence-electron chi connectivity index (χ4n) is 3.20. The number of hydrogen-bond acceptors (Lipinski definition) is 8. The molecule has 0 aliphatic carbocycles. The molecule has 0 atom stereocenters. The number of carbonyl (C=O) groups is 1. The molecule has 0 radical (unpaired) electrons. The number of anilines is 2. The summed E-state index contributed by atoms with van der Waals surface area (Å²) in [6.07, 6.45) is 1.06. The van der Waals surface area contributed by atoms with Gasteiger partial charge in [0, 0.05) is 6.26 Å². The maximum absolute atomic E-state index is 12.9. The molecule has 4 aromatic rings. The smallest absolute Gasteiger partial charge is 0.322 e. The summed E-state index contributed by atoms with van der Waals surface area (Å²) in [7, 11) is -7.52. The van der Waals surface area contributed by atoms with Crippen molar-refractivity contribution in [2.24, 2.45) is 0 Å². The Morgan fingerprint density at radius 3 is 2.23 bits per heavy atom. The van der Waals surface area contributed by atoms with E-state index in [-0.39, 0.29) is 38.5 Å². The molecule has 0 aliphatic rings. The number of aromatic nitrogens is 2. The van der Waals surface area contributed by atoms with Crippen LogP contribution in [-0.4, -0.2) is 39.2 Å². The zero-order valence-corrected chi connectivity index (χ0v) is 20.2. The summed E-state index contributed by atoms with van der Waals surface area (Å²) < 4.78 is 57.6. The molecular formula is C23H20N4O6S2. The average Bonchev–Trinajstić information content (AvgIpc) is 3.27. The Kier molecular flexibility index (Phi) is 6.41. The van der Waals surface area contributed by atoms with Gasteiger partial charge in [-0.15, -0.1) is 5.10 Å². The molecule has 0 unspecified atom stereocenters. The minimum atomic E-state index is -3.95.